The standard InChI is InChI=1S/C17H16N6O2/c1-23(2)17-16(19-14-15(20-17)22-25-21-14)18-13(12-9-6-10-24-12)11-7-4-3-5-8-11/h3-10,13H,1-2H3,(H,18,19,21). The fourth-order valence-electron chi connectivity index (χ4n) is 2.59. The van der Waals surface area contributed by atoms with E-state index in [1.165, 1.54) is 0 Å². The minimum absolute atomic E-state index is 0.221. The predicted molar refractivity (Wildman–Crippen MR) is 92.3 cm³/mol. The number of hydrogen-bond acceptors (Lipinski definition) is 8. The van der Waals surface area contributed by atoms with Gasteiger partial charge in [-0.25, -0.2) is 14.6 Å². The summed E-state index contributed by atoms with van der Waals surface area (Å²) in [6.07, 6.45) is 1.65. The largest absolute Gasteiger partial charge is 0.467 e. The lowest BCUT2D eigenvalue weighted by atomic mass is 10.0. The van der Waals surface area contributed by atoms with Crippen LogP contribution in [-0.4, -0.2) is 34.4 Å². The van der Waals surface area contributed by atoms with Gasteiger partial charge < -0.3 is 14.6 Å². The van der Waals surface area contributed by atoms with Crippen LogP contribution in [0.15, 0.2) is 57.8 Å². The van der Waals surface area contributed by atoms with E-state index in [1.54, 1.807) is 6.26 Å². The average Bonchev–Trinajstić information content (AvgIpc) is 3.30. The smallest absolute Gasteiger partial charge is 0.245 e. The number of nitrogens with one attached hydrogen (secondary N) is 1. The molecule has 0 radical (unpaired) electrons. The van der Waals surface area contributed by atoms with Crippen molar-refractivity contribution in [3.05, 3.63) is 60.1 Å². The fraction of sp³-hybridized carbons (Fsp3) is 0.176. The maximum atomic E-state index is 5.62. The van der Waals surface area contributed by atoms with E-state index in [0.29, 0.717) is 22.9 Å². The molecule has 8 heteroatoms. The summed E-state index contributed by atoms with van der Waals surface area (Å²) in [6, 6.07) is 13.5. The molecule has 1 aromatic carbocycles. The summed E-state index contributed by atoms with van der Waals surface area (Å²) in [7, 11) is 3.78. The molecule has 3 heterocycles. The van der Waals surface area contributed by atoms with Gasteiger partial charge in [0, 0.05) is 14.1 Å². The van der Waals surface area contributed by atoms with Gasteiger partial charge in [0.25, 0.3) is 0 Å². The van der Waals surface area contributed by atoms with Crippen LogP contribution in [0.4, 0.5) is 11.6 Å². The number of anilines is 2. The van der Waals surface area contributed by atoms with Gasteiger partial charge in [-0.2, -0.15) is 0 Å². The van der Waals surface area contributed by atoms with E-state index in [0.717, 1.165) is 11.3 Å². The summed E-state index contributed by atoms with van der Waals surface area (Å²) in [4.78, 5) is 10.8. The highest BCUT2D eigenvalue weighted by Gasteiger charge is 2.21. The Bertz CT molecular complexity index is 965. The van der Waals surface area contributed by atoms with Crippen LogP contribution in [0.2, 0.25) is 0 Å². The van der Waals surface area contributed by atoms with E-state index in [-0.39, 0.29) is 6.04 Å². The molecule has 0 aliphatic carbocycles. The molecule has 1 atom stereocenters. The first-order valence-corrected chi connectivity index (χ1v) is 7.75. The molecule has 1 N–H and O–H groups in total. The molecule has 8 nitrogen and oxygen atoms in total. The number of aromatic nitrogens is 4. The predicted octanol–water partition coefficient (Wildman–Crippen LogP) is 2.87. The maximum absolute atomic E-state index is 5.62. The van der Waals surface area contributed by atoms with E-state index in [4.69, 9.17) is 9.05 Å². The second-order valence-corrected chi connectivity index (χ2v) is 5.71. The number of nitrogens with zero attached hydrogens (tertiary/aromatic N) is 5. The quantitative estimate of drug-likeness (QED) is 0.594. The van der Waals surface area contributed by atoms with Gasteiger partial charge in [0.1, 0.15) is 11.8 Å². The van der Waals surface area contributed by atoms with Crippen molar-refractivity contribution >= 4 is 22.9 Å². The molecule has 0 fully saturated rings. The Morgan fingerprint density at radius 1 is 0.960 bits per heavy atom. The highest BCUT2D eigenvalue weighted by atomic mass is 16.6. The first-order valence-electron chi connectivity index (χ1n) is 7.75. The molecule has 0 saturated heterocycles. The van der Waals surface area contributed by atoms with Crippen molar-refractivity contribution in [3.8, 4) is 0 Å². The topological polar surface area (TPSA) is 93.1 Å². The van der Waals surface area contributed by atoms with Crippen LogP contribution in [-0.2, 0) is 0 Å². The Hall–Kier alpha value is -3.42. The van der Waals surface area contributed by atoms with E-state index in [2.05, 4.69) is 25.6 Å². The van der Waals surface area contributed by atoms with Gasteiger partial charge in [-0.1, -0.05) is 30.3 Å². The number of rotatable bonds is 5. The van der Waals surface area contributed by atoms with E-state index < -0.39 is 0 Å². The molecule has 0 bridgehead atoms. The lowest BCUT2D eigenvalue weighted by Crippen LogP contribution is -2.18. The van der Waals surface area contributed by atoms with Crippen molar-refractivity contribution in [2.24, 2.45) is 0 Å². The van der Waals surface area contributed by atoms with Gasteiger partial charge in [-0.15, -0.1) is 0 Å². The molecule has 0 aliphatic rings. The average molecular weight is 336 g/mol. The number of benzene rings is 1. The minimum atomic E-state index is -0.221. The molecule has 1 unspecified atom stereocenters. The molecule has 25 heavy (non-hydrogen) atoms. The van der Waals surface area contributed by atoms with Crippen LogP contribution >= 0.6 is 0 Å². The van der Waals surface area contributed by atoms with Crippen LogP contribution in [0, 0.1) is 0 Å². The first kappa shape index (κ1) is 15.1. The zero-order valence-electron chi connectivity index (χ0n) is 13.7. The van der Waals surface area contributed by atoms with Crippen molar-refractivity contribution < 1.29 is 9.05 Å². The van der Waals surface area contributed by atoms with Gasteiger partial charge in [0.2, 0.25) is 11.3 Å². The van der Waals surface area contributed by atoms with Crippen molar-refractivity contribution in [3.63, 3.8) is 0 Å². The van der Waals surface area contributed by atoms with E-state index >= 15 is 0 Å². The molecule has 0 spiro atoms. The summed E-state index contributed by atoms with van der Waals surface area (Å²) in [5.41, 5.74) is 1.75. The second-order valence-electron chi connectivity index (χ2n) is 5.71. The number of furan rings is 1. The molecule has 4 aromatic rings. The van der Waals surface area contributed by atoms with Crippen LogP contribution in [0.25, 0.3) is 11.3 Å². The van der Waals surface area contributed by atoms with E-state index in [1.807, 2.05) is 61.5 Å². The fourth-order valence-corrected chi connectivity index (χ4v) is 2.59. The third-order valence-corrected chi connectivity index (χ3v) is 3.76. The van der Waals surface area contributed by atoms with Crippen molar-refractivity contribution in [2.45, 2.75) is 6.04 Å². The SMILES string of the molecule is CN(C)c1nc2nonc2nc1NC(c1ccccc1)c1ccco1. The van der Waals surface area contributed by atoms with Gasteiger partial charge in [-0.3, -0.25) is 0 Å². The first-order chi connectivity index (χ1) is 12.2. The molecule has 0 saturated carbocycles. The highest BCUT2D eigenvalue weighted by Crippen LogP contribution is 2.30. The normalized spacial score (nSPS) is 12.2. The van der Waals surface area contributed by atoms with Gasteiger partial charge in [0.05, 0.1) is 6.26 Å². The summed E-state index contributed by atoms with van der Waals surface area (Å²) < 4.78 is 10.4. The third-order valence-electron chi connectivity index (χ3n) is 3.76. The van der Waals surface area contributed by atoms with Crippen LogP contribution in [0.1, 0.15) is 17.4 Å². The van der Waals surface area contributed by atoms with Crippen molar-refractivity contribution in [1.29, 1.82) is 0 Å². The molecule has 3 aromatic heterocycles. The molecule has 0 amide bonds. The highest BCUT2D eigenvalue weighted by molar-refractivity contribution is 5.74. The van der Waals surface area contributed by atoms with Gasteiger partial charge >= 0.3 is 0 Å². The Morgan fingerprint density at radius 3 is 2.40 bits per heavy atom. The summed E-state index contributed by atoms with van der Waals surface area (Å²) in [5, 5.41) is 10.9. The van der Waals surface area contributed by atoms with Crippen molar-refractivity contribution in [2.75, 3.05) is 24.3 Å². The second kappa shape index (κ2) is 6.23. The zero-order valence-corrected chi connectivity index (χ0v) is 13.7. The molecular formula is C17H16N6O2. The Labute approximate surface area is 143 Å². The monoisotopic (exact) mass is 336 g/mol. The number of fused-ring (bicyclic) bond motifs is 1. The Kier molecular flexibility index (Phi) is 3.77. The summed E-state index contributed by atoms with van der Waals surface area (Å²) >= 11 is 0. The molecule has 4 rings (SSSR count). The van der Waals surface area contributed by atoms with Crippen LogP contribution in [0.3, 0.4) is 0 Å². The summed E-state index contributed by atoms with van der Waals surface area (Å²) in [6.45, 7) is 0. The summed E-state index contributed by atoms with van der Waals surface area (Å²) in [5.74, 6) is 1.98. The lowest BCUT2D eigenvalue weighted by Gasteiger charge is -2.21. The lowest BCUT2D eigenvalue weighted by molar-refractivity contribution is 0.314. The van der Waals surface area contributed by atoms with Gasteiger partial charge in [0.15, 0.2) is 11.6 Å². The van der Waals surface area contributed by atoms with Crippen LogP contribution < -0.4 is 10.2 Å². The number of hydrogen-bond donors (Lipinski definition) is 1. The maximum Gasteiger partial charge on any atom is 0.245 e. The Balaban J connectivity index is 1.80. The molecule has 0 aliphatic heterocycles. The minimum Gasteiger partial charge on any atom is -0.467 e. The zero-order chi connectivity index (χ0) is 17.2. The molecule has 126 valence electrons. The Morgan fingerprint density at radius 2 is 1.72 bits per heavy atom. The van der Waals surface area contributed by atoms with Crippen LogP contribution in [0.5, 0.6) is 0 Å². The van der Waals surface area contributed by atoms with Gasteiger partial charge in [-0.05, 0) is 28.0 Å². The third kappa shape index (κ3) is 2.89. The van der Waals surface area contributed by atoms with Crippen molar-refractivity contribution in [1.82, 2.24) is 20.3 Å². The molecular weight excluding hydrogens is 320 g/mol. The van der Waals surface area contributed by atoms with E-state index in [9.17, 15) is 0 Å².